The molecule has 0 radical (unpaired) electrons. The lowest BCUT2D eigenvalue weighted by atomic mass is 10.1. The first-order valence-corrected chi connectivity index (χ1v) is 9.05. The lowest BCUT2D eigenvalue weighted by Gasteiger charge is -2.07. The molecule has 0 saturated carbocycles. The van der Waals surface area contributed by atoms with Gasteiger partial charge >= 0.3 is 0 Å². The minimum Gasteiger partial charge on any atom is -0.286 e. The van der Waals surface area contributed by atoms with E-state index in [1.807, 2.05) is 24.3 Å². The van der Waals surface area contributed by atoms with Crippen molar-refractivity contribution in [3.63, 3.8) is 0 Å². The van der Waals surface area contributed by atoms with Gasteiger partial charge in [0.2, 0.25) is 0 Å². The maximum Gasteiger partial charge on any atom is 0.265 e. The third-order valence-corrected chi connectivity index (χ3v) is 4.20. The van der Waals surface area contributed by atoms with Crippen molar-refractivity contribution in [2.24, 2.45) is 0 Å². The topological polar surface area (TPSA) is 96.1 Å². The molecule has 0 bridgehead atoms. The number of hydrogen-bond donors (Lipinski definition) is 2. The Bertz CT molecular complexity index is 484. The van der Waals surface area contributed by atoms with E-state index in [1.54, 1.807) is 0 Å². The van der Waals surface area contributed by atoms with Gasteiger partial charge in [-0.25, -0.2) is 9.83 Å². The fourth-order valence-corrected chi connectivity index (χ4v) is 2.75. The second-order valence-electron chi connectivity index (χ2n) is 4.41. The third kappa shape index (κ3) is 9.02. The maximum atomic E-state index is 10.8. The highest BCUT2D eigenvalue weighted by Crippen LogP contribution is 2.06. The van der Waals surface area contributed by atoms with Gasteiger partial charge in [0, 0.05) is 42.8 Å². The Morgan fingerprint density at radius 2 is 1.90 bits per heavy atom. The molecule has 120 valence electrons. The smallest absolute Gasteiger partial charge is 0.265 e. The monoisotopic (exact) mass is 338 g/mol. The Balaban J connectivity index is 2.52. The van der Waals surface area contributed by atoms with Crippen molar-refractivity contribution in [3.8, 4) is 0 Å². The molecule has 0 fully saturated rings. The van der Waals surface area contributed by atoms with Gasteiger partial charge in [-0.1, -0.05) is 17.2 Å². The van der Waals surface area contributed by atoms with Crippen LogP contribution >= 0.6 is 12.0 Å². The van der Waals surface area contributed by atoms with E-state index in [0.29, 0.717) is 25.3 Å². The number of allylic oxidation sites excluding steroid dienone is 4. The van der Waals surface area contributed by atoms with Gasteiger partial charge in [0.15, 0.2) is 5.71 Å². The fraction of sp³-hybridized carbons (Fsp3) is 0.583. The molecule has 0 unspecified atom stereocenters. The van der Waals surface area contributed by atoms with Gasteiger partial charge in [-0.2, -0.15) is 8.42 Å². The first-order valence-electron chi connectivity index (χ1n) is 6.53. The summed E-state index contributed by atoms with van der Waals surface area (Å²) in [5.74, 6) is 0.372. The quantitative estimate of drug-likeness (QED) is 0.156. The van der Waals surface area contributed by atoms with E-state index in [9.17, 15) is 8.42 Å². The summed E-state index contributed by atoms with van der Waals surface area (Å²) in [4.78, 5) is 0. The van der Waals surface area contributed by atoms with Crippen LogP contribution in [-0.4, -0.2) is 53.1 Å². The number of rotatable bonds is 10. The van der Waals surface area contributed by atoms with Crippen LogP contribution in [-0.2, 0) is 19.5 Å². The van der Waals surface area contributed by atoms with Crippen molar-refractivity contribution in [1.29, 1.82) is 0 Å². The average molecular weight is 338 g/mol. The van der Waals surface area contributed by atoms with Crippen molar-refractivity contribution in [3.05, 3.63) is 24.3 Å². The van der Waals surface area contributed by atoms with Crippen LogP contribution in [0.2, 0.25) is 0 Å². The molecular weight excluding hydrogens is 318 g/mol. The van der Waals surface area contributed by atoms with Gasteiger partial charge < -0.3 is 0 Å². The van der Waals surface area contributed by atoms with Crippen LogP contribution in [0.5, 0.6) is 0 Å². The highest BCUT2D eigenvalue weighted by Gasteiger charge is 2.13. The van der Waals surface area contributed by atoms with E-state index >= 15 is 0 Å². The molecule has 0 aliphatic heterocycles. The molecule has 0 amide bonds. The molecule has 1 rings (SSSR count). The molecule has 0 aromatic heterocycles. The van der Waals surface area contributed by atoms with Crippen LogP contribution in [0.1, 0.15) is 19.3 Å². The van der Waals surface area contributed by atoms with Crippen molar-refractivity contribution >= 4 is 27.9 Å². The van der Waals surface area contributed by atoms with E-state index < -0.39 is 10.1 Å². The largest absolute Gasteiger partial charge is 0.286 e. The summed E-state index contributed by atoms with van der Waals surface area (Å²) >= 11 is 0.990. The third-order valence-electron chi connectivity index (χ3n) is 2.78. The second kappa shape index (κ2) is 10.1. The van der Waals surface area contributed by atoms with Gasteiger partial charge in [-0.3, -0.25) is 4.55 Å². The lowest BCUT2D eigenvalue weighted by Crippen LogP contribution is -2.24. The highest BCUT2D eigenvalue weighted by molar-refractivity contribution is 7.94. The van der Waals surface area contributed by atoms with Crippen molar-refractivity contribution in [1.82, 2.24) is 0 Å². The molecule has 0 aromatic rings. The minimum atomic E-state index is -3.92. The molecule has 9 heteroatoms. The molecular formula is C12H20NO6S2+. The summed E-state index contributed by atoms with van der Waals surface area (Å²) in [6, 6.07) is 0. The Kier molecular flexibility index (Phi) is 8.81. The molecule has 2 N–H and O–H groups in total. The van der Waals surface area contributed by atoms with Gasteiger partial charge in [-0.05, 0) is 6.42 Å². The summed E-state index contributed by atoms with van der Waals surface area (Å²) in [6.45, 7) is 1.24. The molecule has 0 heterocycles. The summed E-state index contributed by atoms with van der Waals surface area (Å²) < 4.78 is 36.7. The van der Waals surface area contributed by atoms with Crippen molar-refractivity contribution in [2.75, 3.05) is 24.6 Å². The van der Waals surface area contributed by atoms with E-state index in [4.69, 9.17) is 9.81 Å². The molecule has 1 aliphatic rings. The minimum absolute atomic E-state index is 0.250. The van der Waals surface area contributed by atoms with Crippen LogP contribution in [0.25, 0.3) is 0 Å². The van der Waals surface area contributed by atoms with Crippen LogP contribution < -0.4 is 0 Å². The standard InChI is InChI=1S/C12H19NO6S2/c14-18-19-20-10-4-8-13(9-5-11-21(15,16)17)12-6-2-1-3-7-12/h2-3,6-7H,1,4-5,8-11H2,(H-,14,15,16,17)/p+1. The number of hydrogen-bond acceptors (Lipinski definition) is 6. The zero-order valence-electron chi connectivity index (χ0n) is 11.6. The van der Waals surface area contributed by atoms with Crippen molar-refractivity contribution < 1.29 is 32.2 Å². The van der Waals surface area contributed by atoms with Gasteiger partial charge in [0.1, 0.15) is 13.1 Å². The Hall–Kier alpha value is -0.710. The summed E-state index contributed by atoms with van der Waals surface area (Å²) in [5, 5.41) is 11.5. The summed E-state index contributed by atoms with van der Waals surface area (Å²) in [5.41, 5.74) is 1.01. The highest BCUT2D eigenvalue weighted by atomic mass is 32.2. The van der Waals surface area contributed by atoms with E-state index in [2.05, 4.69) is 13.9 Å². The normalized spacial score (nSPS) is 14.7. The second-order valence-corrected chi connectivity index (χ2v) is 6.76. The van der Waals surface area contributed by atoms with Gasteiger partial charge in [-0.15, -0.1) is 4.33 Å². The Morgan fingerprint density at radius 1 is 1.24 bits per heavy atom. The van der Waals surface area contributed by atoms with Gasteiger partial charge in [0.05, 0.1) is 5.75 Å². The van der Waals surface area contributed by atoms with Crippen LogP contribution in [0.3, 0.4) is 0 Å². The van der Waals surface area contributed by atoms with Crippen LogP contribution in [0.15, 0.2) is 24.3 Å². The molecule has 7 nitrogen and oxygen atoms in total. The van der Waals surface area contributed by atoms with E-state index in [1.165, 1.54) is 0 Å². The van der Waals surface area contributed by atoms with Crippen molar-refractivity contribution in [2.45, 2.75) is 19.3 Å². The number of nitrogens with zero attached hydrogens (tertiary/aromatic N) is 1. The fourth-order valence-electron chi connectivity index (χ4n) is 1.90. The molecule has 21 heavy (non-hydrogen) atoms. The van der Waals surface area contributed by atoms with E-state index in [-0.39, 0.29) is 5.75 Å². The zero-order valence-corrected chi connectivity index (χ0v) is 13.2. The lowest BCUT2D eigenvalue weighted by molar-refractivity contribution is -0.526. The molecule has 0 saturated heterocycles. The first kappa shape index (κ1) is 18.3. The first-order chi connectivity index (χ1) is 10.0. The van der Waals surface area contributed by atoms with E-state index in [0.717, 1.165) is 30.6 Å². The molecule has 0 atom stereocenters. The summed E-state index contributed by atoms with van der Waals surface area (Å²) in [7, 11) is -3.92. The predicted octanol–water partition coefficient (Wildman–Crippen LogP) is 1.69. The Labute approximate surface area is 128 Å². The van der Waals surface area contributed by atoms with Gasteiger partial charge in [0.25, 0.3) is 10.1 Å². The predicted molar refractivity (Wildman–Crippen MR) is 80.8 cm³/mol. The molecule has 0 spiro atoms. The van der Waals surface area contributed by atoms with Crippen LogP contribution in [0.4, 0.5) is 0 Å². The Morgan fingerprint density at radius 3 is 2.52 bits per heavy atom. The molecule has 1 aliphatic carbocycles. The SMILES string of the molecule is O=S(=O)(O)CCC[N+](CCCSOOO)=C1C=CCC=C1. The average Bonchev–Trinajstić information content (AvgIpc) is 2.45. The van der Waals surface area contributed by atoms with Crippen LogP contribution in [0, 0.1) is 0 Å². The maximum absolute atomic E-state index is 10.8. The molecule has 0 aromatic carbocycles. The summed E-state index contributed by atoms with van der Waals surface area (Å²) in [6.07, 6.45) is 10.1. The zero-order chi connectivity index (χ0) is 15.6.